The van der Waals surface area contributed by atoms with E-state index in [4.69, 9.17) is 0 Å². The maximum absolute atomic E-state index is 12.4. The van der Waals surface area contributed by atoms with E-state index in [9.17, 15) is 9.90 Å². The first-order chi connectivity index (χ1) is 8.89. The van der Waals surface area contributed by atoms with Crippen LogP contribution in [0.3, 0.4) is 0 Å². The number of fused-ring (bicyclic) bond motifs is 1. The van der Waals surface area contributed by atoms with Crippen LogP contribution in [0.25, 0.3) is 5.57 Å². The molecule has 0 radical (unpaired) electrons. The molecule has 0 aromatic heterocycles. The first-order valence-corrected chi connectivity index (χ1v) is 7.90. The molecule has 0 heterocycles. The number of rotatable bonds is 1. The Kier molecular flexibility index (Phi) is 3.13. The molecule has 1 N–H and O–H groups in total. The molecule has 2 aliphatic carbocycles. The van der Waals surface area contributed by atoms with Gasteiger partial charge >= 0.3 is 0 Å². The number of carbonyl (C=O) groups is 1. The monoisotopic (exact) mass is 384 g/mol. The average Bonchev–Trinajstić information content (AvgIpc) is 2.76. The largest absolute Gasteiger partial charge is 0.508 e. The van der Waals surface area contributed by atoms with E-state index < -0.39 is 0 Å². The molecule has 100 valence electrons. The van der Waals surface area contributed by atoms with E-state index in [2.05, 4.69) is 38.8 Å². The van der Waals surface area contributed by atoms with Crippen molar-refractivity contribution in [1.82, 2.24) is 0 Å². The number of hydrogen-bond acceptors (Lipinski definition) is 2. The van der Waals surface area contributed by atoms with Gasteiger partial charge in [0.05, 0.1) is 4.48 Å². The van der Waals surface area contributed by atoms with Gasteiger partial charge < -0.3 is 5.11 Å². The molecule has 0 saturated heterocycles. The summed E-state index contributed by atoms with van der Waals surface area (Å²) in [4.78, 5) is 12.4. The minimum atomic E-state index is 0.0495. The van der Waals surface area contributed by atoms with Gasteiger partial charge in [0, 0.05) is 10.2 Å². The predicted molar refractivity (Wildman–Crippen MR) is 82.5 cm³/mol. The highest BCUT2D eigenvalue weighted by atomic mass is 79.9. The first kappa shape index (κ1) is 13.4. The summed E-state index contributed by atoms with van der Waals surface area (Å²) in [6.45, 7) is 2.15. The molecule has 3 rings (SSSR count). The van der Waals surface area contributed by atoms with E-state index in [0.717, 1.165) is 28.5 Å². The van der Waals surface area contributed by atoms with Gasteiger partial charge in [-0.15, -0.1) is 0 Å². The smallest absolute Gasteiger partial charge is 0.173 e. The van der Waals surface area contributed by atoms with Crippen LogP contribution in [0, 0.1) is 11.8 Å². The minimum Gasteiger partial charge on any atom is -0.508 e. The molecule has 0 bridgehead atoms. The number of halogens is 2. The van der Waals surface area contributed by atoms with Crippen LogP contribution in [0.2, 0.25) is 0 Å². The summed E-state index contributed by atoms with van der Waals surface area (Å²) < 4.78 is 0.768. The molecule has 4 heteroatoms. The van der Waals surface area contributed by atoms with Crippen molar-refractivity contribution in [3.63, 3.8) is 0 Å². The lowest BCUT2D eigenvalue weighted by Crippen LogP contribution is -2.14. The summed E-state index contributed by atoms with van der Waals surface area (Å²) in [5.74, 6) is 0.827. The molecule has 0 spiro atoms. The zero-order chi connectivity index (χ0) is 13.8. The Labute approximate surface area is 129 Å². The summed E-state index contributed by atoms with van der Waals surface area (Å²) in [6.07, 6.45) is 1.85. The fourth-order valence-corrected chi connectivity index (χ4v) is 4.82. The SMILES string of the molecule is C[C@]1(Br)CC2C(=O)C(Br)=C(c3ccc(O)cc3)C2C1. The van der Waals surface area contributed by atoms with Crippen molar-refractivity contribution in [3.05, 3.63) is 34.3 Å². The molecule has 2 unspecified atom stereocenters. The Hall–Kier alpha value is -0.610. The Morgan fingerprint density at radius 3 is 2.42 bits per heavy atom. The molecule has 0 amide bonds. The summed E-state index contributed by atoms with van der Waals surface area (Å²) in [6, 6.07) is 7.10. The fraction of sp³-hybridized carbons (Fsp3) is 0.400. The van der Waals surface area contributed by atoms with E-state index in [1.165, 1.54) is 0 Å². The average molecular weight is 386 g/mol. The maximum Gasteiger partial charge on any atom is 0.173 e. The number of ketones is 1. The zero-order valence-electron chi connectivity index (χ0n) is 10.5. The van der Waals surface area contributed by atoms with E-state index in [1.807, 2.05) is 12.1 Å². The number of phenols is 1. The van der Waals surface area contributed by atoms with Crippen LogP contribution in [0.4, 0.5) is 0 Å². The quantitative estimate of drug-likeness (QED) is 0.733. The van der Waals surface area contributed by atoms with Crippen molar-refractivity contribution in [1.29, 1.82) is 0 Å². The van der Waals surface area contributed by atoms with Crippen molar-refractivity contribution >= 4 is 43.2 Å². The van der Waals surface area contributed by atoms with Crippen LogP contribution in [0.5, 0.6) is 5.75 Å². The number of carbonyl (C=O) groups excluding carboxylic acids is 1. The second-order valence-corrected chi connectivity index (χ2v) is 8.38. The van der Waals surface area contributed by atoms with Crippen LogP contribution in [0.15, 0.2) is 28.7 Å². The molecule has 1 fully saturated rings. The number of hydrogen-bond donors (Lipinski definition) is 1. The van der Waals surface area contributed by atoms with Crippen LogP contribution < -0.4 is 0 Å². The van der Waals surface area contributed by atoms with Crippen molar-refractivity contribution in [2.75, 3.05) is 0 Å². The number of aromatic hydroxyl groups is 1. The van der Waals surface area contributed by atoms with Gasteiger partial charge in [-0.3, -0.25) is 4.79 Å². The minimum absolute atomic E-state index is 0.0495. The summed E-state index contributed by atoms with van der Waals surface area (Å²) in [5.41, 5.74) is 2.12. The van der Waals surface area contributed by atoms with E-state index in [0.29, 0.717) is 0 Å². The Balaban J connectivity index is 2.05. The molecule has 1 aromatic rings. The summed E-state index contributed by atoms with van der Waals surface area (Å²) in [7, 11) is 0. The second kappa shape index (κ2) is 4.45. The van der Waals surface area contributed by atoms with Crippen LogP contribution in [-0.4, -0.2) is 15.2 Å². The third-order valence-corrected chi connectivity index (χ3v) is 5.58. The third-order valence-electron chi connectivity index (χ3n) is 4.12. The van der Waals surface area contributed by atoms with Crippen molar-refractivity contribution < 1.29 is 9.90 Å². The molecular formula is C15H14Br2O2. The van der Waals surface area contributed by atoms with Crippen LogP contribution in [-0.2, 0) is 4.79 Å². The van der Waals surface area contributed by atoms with Gasteiger partial charge in [0.2, 0.25) is 0 Å². The molecule has 2 aliphatic rings. The topological polar surface area (TPSA) is 37.3 Å². The molecule has 3 atom stereocenters. The lowest BCUT2D eigenvalue weighted by atomic mass is 9.90. The Bertz CT molecular complexity index is 572. The highest BCUT2D eigenvalue weighted by Crippen LogP contribution is 2.56. The maximum atomic E-state index is 12.4. The van der Waals surface area contributed by atoms with E-state index >= 15 is 0 Å². The normalized spacial score (nSPS) is 33.9. The second-order valence-electron chi connectivity index (χ2n) is 5.67. The Morgan fingerprint density at radius 2 is 1.79 bits per heavy atom. The standard InChI is InChI=1S/C15H14Br2O2/c1-15(17)6-10-11(7-15)14(19)13(16)12(10)8-2-4-9(18)5-3-8/h2-5,10-11,18H,6-7H2,1H3/t10?,11?,15-/m1/s1. The van der Waals surface area contributed by atoms with Gasteiger partial charge in [0.15, 0.2) is 5.78 Å². The first-order valence-electron chi connectivity index (χ1n) is 6.31. The lowest BCUT2D eigenvalue weighted by Gasteiger charge is -2.17. The summed E-state index contributed by atoms with van der Waals surface area (Å²) in [5, 5.41) is 9.39. The van der Waals surface area contributed by atoms with Gasteiger partial charge in [-0.25, -0.2) is 0 Å². The summed E-state index contributed by atoms with van der Waals surface area (Å²) >= 11 is 7.20. The number of allylic oxidation sites excluding steroid dienone is 2. The molecule has 0 aliphatic heterocycles. The number of Topliss-reactive ketones (excluding diaryl/α,β-unsaturated/α-hetero) is 1. The van der Waals surface area contributed by atoms with Gasteiger partial charge in [-0.2, -0.15) is 0 Å². The fourth-order valence-electron chi connectivity index (χ4n) is 3.30. The van der Waals surface area contributed by atoms with Crippen molar-refractivity contribution in [2.45, 2.75) is 24.1 Å². The van der Waals surface area contributed by atoms with Gasteiger partial charge in [-0.05, 0) is 64.9 Å². The predicted octanol–water partition coefficient (Wildman–Crippen LogP) is 4.26. The van der Waals surface area contributed by atoms with Gasteiger partial charge in [0.1, 0.15) is 5.75 Å². The van der Waals surface area contributed by atoms with Crippen LogP contribution >= 0.6 is 31.9 Å². The number of alkyl halides is 1. The highest BCUT2D eigenvalue weighted by Gasteiger charge is 2.51. The van der Waals surface area contributed by atoms with E-state index in [-0.39, 0.29) is 27.7 Å². The highest BCUT2D eigenvalue weighted by molar-refractivity contribution is 9.12. The molecule has 1 saturated carbocycles. The number of phenolic OH excluding ortho intramolecular Hbond substituents is 1. The van der Waals surface area contributed by atoms with Crippen molar-refractivity contribution in [3.8, 4) is 5.75 Å². The number of benzene rings is 1. The van der Waals surface area contributed by atoms with Crippen LogP contribution in [0.1, 0.15) is 25.3 Å². The van der Waals surface area contributed by atoms with E-state index in [1.54, 1.807) is 12.1 Å². The molecule has 19 heavy (non-hydrogen) atoms. The van der Waals surface area contributed by atoms with Crippen molar-refractivity contribution in [2.24, 2.45) is 11.8 Å². The zero-order valence-corrected chi connectivity index (χ0v) is 13.7. The molecular weight excluding hydrogens is 372 g/mol. The van der Waals surface area contributed by atoms with Gasteiger partial charge in [0.25, 0.3) is 0 Å². The molecule has 1 aromatic carbocycles. The van der Waals surface area contributed by atoms with Gasteiger partial charge in [-0.1, -0.05) is 28.1 Å². The Morgan fingerprint density at radius 1 is 1.21 bits per heavy atom. The third kappa shape index (κ3) is 2.19. The lowest BCUT2D eigenvalue weighted by molar-refractivity contribution is -0.118. The molecule has 2 nitrogen and oxygen atoms in total.